The summed E-state index contributed by atoms with van der Waals surface area (Å²) in [5.41, 5.74) is 0. The van der Waals surface area contributed by atoms with E-state index in [-0.39, 0.29) is 14.9 Å². The molecule has 0 amide bonds. The summed E-state index contributed by atoms with van der Waals surface area (Å²) in [6, 6.07) is 4.55. The van der Waals surface area contributed by atoms with Crippen molar-refractivity contribution in [3.63, 3.8) is 0 Å². The zero-order valence-electron chi connectivity index (χ0n) is 10.8. The summed E-state index contributed by atoms with van der Waals surface area (Å²) in [7, 11) is -3.64. The Morgan fingerprint density at radius 1 is 1.25 bits per heavy atom. The van der Waals surface area contributed by atoms with Crippen LogP contribution in [-0.2, 0) is 14.8 Å². The van der Waals surface area contributed by atoms with E-state index >= 15 is 0 Å². The standard InChI is InChI=1S/C12H16Cl2N2O3S/c13-10-2-1-3-11(12(10)14)20(17,18)15-4-5-16-6-8-19-9-7-16/h1-3,15H,4-9H2. The molecule has 112 valence electrons. The molecule has 0 aromatic heterocycles. The van der Waals surface area contributed by atoms with Crippen molar-refractivity contribution < 1.29 is 13.2 Å². The first-order valence-electron chi connectivity index (χ1n) is 6.24. The second-order valence-corrected chi connectivity index (χ2v) is 6.92. The molecule has 1 heterocycles. The predicted molar refractivity (Wildman–Crippen MR) is 78.9 cm³/mol. The molecule has 1 aromatic carbocycles. The van der Waals surface area contributed by atoms with Crippen LogP contribution in [-0.4, -0.2) is 52.7 Å². The molecule has 0 saturated carbocycles. The van der Waals surface area contributed by atoms with Gasteiger partial charge in [0.1, 0.15) is 4.90 Å². The van der Waals surface area contributed by atoms with Gasteiger partial charge in [-0.2, -0.15) is 0 Å². The summed E-state index contributed by atoms with van der Waals surface area (Å²) < 4.78 is 32.1. The molecule has 1 fully saturated rings. The van der Waals surface area contributed by atoms with Crippen LogP contribution in [0, 0.1) is 0 Å². The van der Waals surface area contributed by atoms with Gasteiger partial charge in [0.25, 0.3) is 0 Å². The van der Waals surface area contributed by atoms with Crippen LogP contribution in [0.15, 0.2) is 23.1 Å². The Morgan fingerprint density at radius 2 is 1.95 bits per heavy atom. The smallest absolute Gasteiger partial charge is 0.242 e. The molecule has 1 aliphatic heterocycles. The van der Waals surface area contributed by atoms with Gasteiger partial charge in [-0.3, -0.25) is 4.90 Å². The highest BCUT2D eigenvalue weighted by Gasteiger charge is 2.19. The molecule has 1 aliphatic rings. The zero-order valence-corrected chi connectivity index (χ0v) is 13.1. The van der Waals surface area contributed by atoms with Crippen LogP contribution in [0.25, 0.3) is 0 Å². The highest BCUT2D eigenvalue weighted by molar-refractivity contribution is 7.89. The molecule has 8 heteroatoms. The van der Waals surface area contributed by atoms with Crippen molar-refractivity contribution in [2.45, 2.75) is 4.90 Å². The van der Waals surface area contributed by atoms with Crippen LogP contribution < -0.4 is 4.72 Å². The Bertz CT molecular complexity index is 560. The van der Waals surface area contributed by atoms with Gasteiger partial charge in [0.15, 0.2) is 0 Å². The Labute approximate surface area is 128 Å². The molecule has 5 nitrogen and oxygen atoms in total. The quantitative estimate of drug-likeness (QED) is 0.885. The van der Waals surface area contributed by atoms with Gasteiger partial charge in [0, 0.05) is 26.2 Å². The summed E-state index contributed by atoms with van der Waals surface area (Å²) in [5.74, 6) is 0. The summed E-state index contributed by atoms with van der Waals surface area (Å²) in [5, 5.41) is 0.274. The van der Waals surface area contributed by atoms with Gasteiger partial charge < -0.3 is 4.74 Å². The Kier molecular flexibility index (Phi) is 5.65. The second kappa shape index (κ2) is 7.06. The fourth-order valence-electron chi connectivity index (χ4n) is 1.93. The molecule has 2 rings (SSSR count). The van der Waals surface area contributed by atoms with Gasteiger partial charge in [-0.1, -0.05) is 29.3 Å². The maximum Gasteiger partial charge on any atom is 0.242 e. The van der Waals surface area contributed by atoms with Crippen molar-refractivity contribution in [2.24, 2.45) is 0 Å². The second-order valence-electron chi connectivity index (χ2n) is 4.40. The normalized spacial score (nSPS) is 17.3. The number of nitrogens with one attached hydrogen (secondary N) is 1. The largest absolute Gasteiger partial charge is 0.379 e. The number of benzene rings is 1. The van der Waals surface area contributed by atoms with Crippen LogP contribution >= 0.6 is 23.2 Å². The maximum absolute atomic E-state index is 12.1. The van der Waals surface area contributed by atoms with Crippen molar-refractivity contribution in [1.29, 1.82) is 0 Å². The summed E-state index contributed by atoms with van der Waals surface area (Å²) >= 11 is 11.8. The molecule has 0 unspecified atom stereocenters. The van der Waals surface area contributed by atoms with Crippen LogP contribution in [0.4, 0.5) is 0 Å². The third kappa shape index (κ3) is 4.07. The SMILES string of the molecule is O=S(=O)(NCCN1CCOCC1)c1cccc(Cl)c1Cl. The zero-order chi connectivity index (χ0) is 14.6. The first-order valence-corrected chi connectivity index (χ1v) is 8.48. The molecule has 1 N–H and O–H groups in total. The third-order valence-corrected chi connectivity index (χ3v) is 5.46. The van der Waals surface area contributed by atoms with E-state index in [9.17, 15) is 8.42 Å². The number of halogens is 2. The number of rotatable bonds is 5. The molecule has 1 saturated heterocycles. The van der Waals surface area contributed by atoms with Crippen LogP contribution in [0.1, 0.15) is 0 Å². The fraction of sp³-hybridized carbons (Fsp3) is 0.500. The molecule has 20 heavy (non-hydrogen) atoms. The minimum atomic E-state index is -3.64. The van der Waals surface area contributed by atoms with E-state index in [1.807, 2.05) is 0 Å². The van der Waals surface area contributed by atoms with Gasteiger partial charge >= 0.3 is 0 Å². The van der Waals surface area contributed by atoms with E-state index in [1.165, 1.54) is 6.07 Å². The highest BCUT2D eigenvalue weighted by Crippen LogP contribution is 2.28. The van der Waals surface area contributed by atoms with E-state index in [1.54, 1.807) is 12.1 Å². The van der Waals surface area contributed by atoms with Crippen molar-refractivity contribution in [3.8, 4) is 0 Å². The average Bonchev–Trinajstić information content (AvgIpc) is 2.42. The van der Waals surface area contributed by atoms with Crippen molar-refractivity contribution in [1.82, 2.24) is 9.62 Å². The van der Waals surface area contributed by atoms with Crippen LogP contribution in [0.3, 0.4) is 0 Å². The van der Waals surface area contributed by atoms with E-state index in [0.717, 1.165) is 13.1 Å². The first-order chi connectivity index (χ1) is 9.50. The fourth-order valence-corrected chi connectivity index (χ4v) is 3.71. The number of ether oxygens (including phenoxy) is 1. The average molecular weight is 339 g/mol. The Hall–Kier alpha value is -0.370. The molecular formula is C12H16Cl2N2O3S. The molecular weight excluding hydrogens is 323 g/mol. The minimum Gasteiger partial charge on any atom is -0.379 e. The van der Waals surface area contributed by atoms with Crippen molar-refractivity contribution >= 4 is 33.2 Å². The van der Waals surface area contributed by atoms with E-state index in [2.05, 4.69) is 9.62 Å². The number of morpholine rings is 1. The molecule has 0 bridgehead atoms. The van der Waals surface area contributed by atoms with Crippen molar-refractivity contribution in [3.05, 3.63) is 28.2 Å². The monoisotopic (exact) mass is 338 g/mol. The maximum atomic E-state index is 12.1. The Balaban J connectivity index is 1.95. The van der Waals surface area contributed by atoms with Gasteiger partial charge in [-0.15, -0.1) is 0 Å². The third-order valence-electron chi connectivity index (χ3n) is 3.03. The molecule has 0 spiro atoms. The van der Waals surface area contributed by atoms with Crippen LogP contribution in [0.2, 0.25) is 10.0 Å². The lowest BCUT2D eigenvalue weighted by Crippen LogP contribution is -2.41. The lowest BCUT2D eigenvalue weighted by molar-refractivity contribution is 0.0390. The molecule has 0 atom stereocenters. The summed E-state index contributed by atoms with van der Waals surface area (Å²) in [6.07, 6.45) is 0. The lowest BCUT2D eigenvalue weighted by atomic mass is 10.4. The number of hydrogen-bond acceptors (Lipinski definition) is 4. The molecule has 1 aromatic rings. The summed E-state index contributed by atoms with van der Waals surface area (Å²) in [6.45, 7) is 3.98. The van der Waals surface area contributed by atoms with E-state index in [4.69, 9.17) is 27.9 Å². The van der Waals surface area contributed by atoms with Gasteiger partial charge in [-0.25, -0.2) is 13.1 Å². The first kappa shape index (κ1) is 16.0. The number of sulfonamides is 1. The minimum absolute atomic E-state index is 0.00800. The van der Waals surface area contributed by atoms with Crippen molar-refractivity contribution in [2.75, 3.05) is 39.4 Å². The molecule has 0 radical (unpaired) electrons. The number of nitrogens with zero attached hydrogens (tertiary/aromatic N) is 1. The number of hydrogen-bond donors (Lipinski definition) is 1. The highest BCUT2D eigenvalue weighted by atomic mass is 35.5. The van der Waals surface area contributed by atoms with Gasteiger partial charge in [0.05, 0.1) is 23.3 Å². The molecule has 0 aliphatic carbocycles. The van der Waals surface area contributed by atoms with Crippen LogP contribution in [0.5, 0.6) is 0 Å². The van der Waals surface area contributed by atoms with E-state index < -0.39 is 10.0 Å². The predicted octanol–water partition coefficient (Wildman–Crippen LogP) is 1.60. The van der Waals surface area contributed by atoms with E-state index in [0.29, 0.717) is 26.3 Å². The van der Waals surface area contributed by atoms with Gasteiger partial charge in [-0.05, 0) is 12.1 Å². The lowest BCUT2D eigenvalue weighted by Gasteiger charge is -2.26. The Morgan fingerprint density at radius 3 is 2.65 bits per heavy atom. The summed E-state index contributed by atoms with van der Waals surface area (Å²) in [4.78, 5) is 2.15. The van der Waals surface area contributed by atoms with Gasteiger partial charge in [0.2, 0.25) is 10.0 Å². The topological polar surface area (TPSA) is 58.6 Å².